The van der Waals surface area contributed by atoms with Crippen LogP contribution in [0.3, 0.4) is 0 Å². The highest BCUT2D eigenvalue weighted by Gasteiger charge is 2.29. The molecular formula is C39H43Cl2N2S2+. The maximum Gasteiger partial charge on any atom is 0.263 e. The minimum Gasteiger partial charge on any atom is -0.335 e. The van der Waals surface area contributed by atoms with Crippen molar-refractivity contribution in [3.05, 3.63) is 109 Å². The Hall–Kier alpha value is -2.46. The van der Waals surface area contributed by atoms with Crippen LogP contribution in [0, 0.1) is 10.8 Å². The summed E-state index contributed by atoms with van der Waals surface area (Å²) in [6, 6.07) is 12.4. The molecule has 0 saturated heterocycles. The molecule has 6 heteroatoms. The second kappa shape index (κ2) is 13.0. The SMILES string of the molecule is CCN1/C(=C\C2=CC(=C=CCC3=C/C(=C/c4sc5ccc(Cl)cc5[n+]4CC)CC(C)(C)C3)CC(C)(C)C2)Sc2ccc(Cl)cc21. The zero-order chi connectivity index (χ0) is 31.9. The number of benzene rings is 2. The molecule has 2 aromatic carbocycles. The molecule has 0 radical (unpaired) electrons. The van der Waals surface area contributed by atoms with Gasteiger partial charge in [0.2, 0.25) is 5.52 Å². The van der Waals surface area contributed by atoms with Crippen molar-refractivity contribution >= 4 is 68.3 Å². The quantitative estimate of drug-likeness (QED) is 0.190. The third-order valence-corrected chi connectivity index (χ3v) is 11.5. The number of aromatic nitrogens is 1. The van der Waals surface area contributed by atoms with Crippen LogP contribution in [0.4, 0.5) is 5.69 Å². The first-order valence-corrected chi connectivity index (χ1v) is 18.4. The van der Waals surface area contributed by atoms with Gasteiger partial charge in [-0.1, -0.05) is 85.6 Å². The van der Waals surface area contributed by atoms with Gasteiger partial charge in [-0.15, -0.1) is 5.73 Å². The molecule has 0 bridgehead atoms. The van der Waals surface area contributed by atoms with E-state index in [1.165, 1.54) is 53.1 Å². The molecule has 234 valence electrons. The van der Waals surface area contributed by atoms with E-state index in [2.05, 4.69) is 111 Å². The van der Waals surface area contributed by atoms with Crippen LogP contribution in [0.15, 0.2) is 98.7 Å². The van der Waals surface area contributed by atoms with Crippen molar-refractivity contribution in [1.82, 2.24) is 0 Å². The average Bonchev–Trinajstić information content (AvgIpc) is 3.46. The van der Waals surface area contributed by atoms with Crippen molar-refractivity contribution in [2.75, 3.05) is 11.4 Å². The summed E-state index contributed by atoms with van der Waals surface area (Å²) in [4.78, 5) is 3.66. The van der Waals surface area contributed by atoms with E-state index < -0.39 is 0 Å². The third kappa shape index (κ3) is 7.42. The first-order chi connectivity index (χ1) is 21.4. The van der Waals surface area contributed by atoms with Gasteiger partial charge in [0.25, 0.3) is 5.01 Å². The molecule has 0 amide bonds. The Balaban J connectivity index is 1.26. The van der Waals surface area contributed by atoms with Crippen molar-refractivity contribution < 1.29 is 4.57 Å². The van der Waals surface area contributed by atoms with Gasteiger partial charge in [0, 0.05) is 33.6 Å². The van der Waals surface area contributed by atoms with Crippen molar-refractivity contribution in [3.63, 3.8) is 0 Å². The van der Waals surface area contributed by atoms with Crippen LogP contribution >= 0.6 is 46.3 Å². The van der Waals surface area contributed by atoms with Crippen LogP contribution < -0.4 is 9.47 Å². The first-order valence-electron chi connectivity index (χ1n) is 16.0. The van der Waals surface area contributed by atoms with E-state index in [-0.39, 0.29) is 10.8 Å². The van der Waals surface area contributed by atoms with Crippen LogP contribution in [0.2, 0.25) is 10.0 Å². The van der Waals surface area contributed by atoms with Crippen LogP contribution in [-0.4, -0.2) is 6.54 Å². The number of rotatable bonds is 6. The van der Waals surface area contributed by atoms with Crippen LogP contribution in [0.25, 0.3) is 16.3 Å². The topological polar surface area (TPSA) is 7.12 Å². The zero-order valence-corrected chi connectivity index (χ0v) is 30.4. The molecule has 0 N–H and O–H groups in total. The van der Waals surface area contributed by atoms with Gasteiger partial charge < -0.3 is 4.90 Å². The number of thiazole rings is 1. The summed E-state index contributed by atoms with van der Waals surface area (Å²) < 4.78 is 3.67. The van der Waals surface area contributed by atoms with Crippen molar-refractivity contribution in [2.24, 2.45) is 10.8 Å². The maximum absolute atomic E-state index is 6.35. The lowest BCUT2D eigenvalue weighted by atomic mass is 9.74. The molecule has 0 atom stereocenters. The fraction of sp³-hybridized carbons (Fsp3) is 0.385. The van der Waals surface area contributed by atoms with Gasteiger partial charge in [-0.2, -0.15) is 4.57 Å². The molecule has 1 aromatic heterocycles. The molecule has 6 rings (SSSR count). The van der Waals surface area contributed by atoms with E-state index in [0.29, 0.717) is 0 Å². The summed E-state index contributed by atoms with van der Waals surface area (Å²) in [6.07, 6.45) is 17.1. The second-order valence-corrected chi connectivity index (χ2v) is 17.1. The Labute approximate surface area is 287 Å². The highest BCUT2D eigenvalue weighted by Crippen LogP contribution is 2.48. The number of anilines is 1. The van der Waals surface area contributed by atoms with E-state index in [1.54, 1.807) is 0 Å². The molecular weight excluding hydrogens is 631 g/mol. The fourth-order valence-corrected chi connectivity index (χ4v) is 9.80. The maximum atomic E-state index is 6.35. The number of allylic oxidation sites excluding steroid dienone is 7. The number of nitrogens with zero attached hydrogens (tertiary/aromatic N) is 2. The summed E-state index contributed by atoms with van der Waals surface area (Å²) in [7, 11) is 0. The molecule has 0 unspecified atom stereocenters. The number of hydrogen-bond donors (Lipinski definition) is 0. The molecule has 2 nitrogen and oxygen atoms in total. The molecule has 3 aliphatic rings. The summed E-state index contributed by atoms with van der Waals surface area (Å²) >= 11 is 16.4. The zero-order valence-electron chi connectivity index (χ0n) is 27.3. The number of fused-ring (bicyclic) bond motifs is 2. The Kier molecular flexibility index (Phi) is 9.36. The van der Waals surface area contributed by atoms with Gasteiger partial charge in [-0.05, 0) is 122 Å². The van der Waals surface area contributed by atoms with Gasteiger partial charge in [0.15, 0.2) is 0 Å². The Morgan fingerprint density at radius 2 is 1.67 bits per heavy atom. The van der Waals surface area contributed by atoms with Crippen LogP contribution in [-0.2, 0) is 6.54 Å². The number of hydrogen-bond acceptors (Lipinski definition) is 3. The summed E-state index contributed by atoms with van der Waals surface area (Å²) in [5.74, 6) is 0. The normalized spacial score (nSPS) is 20.8. The lowest BCUT2D eigenvalue weighted by Crippen LogP contribution is -2.33. The van der Waals surface area contributed by atoms with E-state index in [9.17, 15) is 0 Å². The van der Waals surface area contributed by atoms with E-state index in [4.69, 9.17) is 23.2 Å². The number of halogens is 2. The predicted octanol–water partition coefficient (Wildman–Crippen LogP) is 12.3. The smallest absolute Gasteiger partial charge is 0.263 e. The summed E-state index contributed by atoms with van der Waals surface area (Å²) in [5.41, 5.74) is 12.2. The highest BCUT2D eigenvalue weighted by molar-refractivity contribution is 8.03. The van der Waals surface area contributed by atoms with Gasteiger partial charge in [0.1, 0.15) is 11.2 Å². The van der Waals surface area contributed by atoms with Crippen LogP contribution in [0.1, 0.15) is 78.7 Å². The summed E-state index contributed by atoms with van der Waals surface area (Å²) in [5, 5.41) is 4.15. The molecule has 2 aliphatic carbocycles. The lowest BCUT2D eigenvalue weighted by Gasteiger charge is -2.31. The molecule has 2 heterocycles. The van der Waals surface area contributed by atoms with Gasteiger partial charge in [-0.3, -0.25) is 0 Å². The first kappa shape index (κ1) is 32.5. The van der Waals surface area contributed by atoms with Gasteiger partial charge >= 0.3 is 0 Å². The Morgan fingerprint density at radius 1 is 0.911 bits per heavy atom. The second-order valence-electron chi connectivity index (χ2n) is 14.1. The third-order valence-electron chi connectivity index (χ3n) is 8.78. The fourth-order valence-electron chi connectivity index (χ4n) is 7.11. The number of thioether (sulfide) groups is 1. The molecule has 3 aromatic rings. The molecule has 45 heavy (non-hydrogen) atoms. The summed E-state index contributed by atoms with van der Waals surface area (Å²) in [6.45, 7) is 15.8. The monoisotopic (exact) mass is 673 g/mol. The Bertz CT molecular complexity index is 1840. The predicted molar refractivity (Wildman–Crippen MR) is 198 cm³/mol. The minimum absolute atomic E-state index is 0.193. The lowest BCUT2D eigenvalue weighted by molar-refractivity contribution is -0.665. The van der Waals surface area contributed by atoms with E-state index in [1.807, 2.05) is 35.2 Å². The highest BCUT2D eigenvalue weighted by atomic mass is 35.5. The standard InChI is InChI=1S/C39H43Cl2N2S2/c1-7-42-32-20-30(40)12-14-34(32)44-36(42)18-28-16-26(22-38(3,4)24-28)10-9-11-27-17-29(25-39(5,6)23-27)19-37-43(8-2)33-21-31(41)13-15-35(33)45-37/h9,12-21H,7-8,10,22-25H2,1-6H3/q+1/b28-18-,37-19+. The molecule has 1 aliphatic heterocycles. The van der Waals surface area contributed by atoms with Gasteiger partial charge in [0.05, 0.1) is 10.7 Å². The largest absolute Gasteiger partial charge is 0.335 e. The average molecular weight is 675 g/mol. The van der Waals surface area contributed by atoms with Crippen LogP contribution in [0.5, 0.6) is 0 Å². The molecule has 0 saturated carbocycles. The Morgan fingerprint density at radius 3 is 2.44 bits per heavy atom. The van der Waals surface area contributed by atoms with Crippen molar-refractivity contribution in [1.29, 1.82) is 0 Å². The van der Waals surface area contributed by atoms with Crippen molar-refractivity contribution in [3.8, 4) is 0 Å². The van der Waals surface area contributed by atoms with E-state index in [0.717, 1.165) is 55.2 Å². The minimum atomic E-state index is 0.193. The number of aryl methyl sites for hydroxylation is 1. The molecule has 0 spiro atoms. The van der Waals surface area contributed by atoms with Gasteiger partial charge in [-0.25, -0.2) is 0 Å². The van der Waals surface area contributed by atoms with Crippen molar-refractivity contribution in [2.45, 2.75) is 85.1 Å². The van der Waals surface area contributed by atoms with E-state index >= 15 is 0 Å². The molecule has 0 fully saturated rings.